The molecule has 0 aliphatic heterocycles. The third-order valence-electron chi connectivity index (χ3n) is 1.79. The van der Waals surface area contributed by atoms with Crippen molar-refractivity contribution >= 4 is 23.3 Å². The molecule has 1 aromatic rings. The van der Waals surface area contributed by atoms with Gasteiger partial charge in [0.2, 0.25) is 5.75 Å². The van der Waals surface area contributed by atoms with Crippen LogP contribution in [0.2, 0.25) is 0 Å². The summed E-state index contributed by atoms with van der Waals surface area (Å²) in [6.45, 7) is 3.14. The highest BCUT2D eigenvalue weighted by atomic mass is 35.5. The molecule has 0 saturated carbocycles. The molecule has 0 aromatic heterocycles. The van der Waals surface area contributed by atoms with Crippen LogP contribution in [0, 0.1) is 10.1 Å². The number of nitro benzene ring substituents is 1. The van der Waals surface area contributed by atoms with Crippen molar-refractivity contribution in [2.75, 3.05) is 6.61 Å². The lowest BCUT2D eigenvalue weighted by Gasteiger charge is -2.08. The van der Waals surface area contributed by atoms with Crippen LogP contribution in [0.3, 0.4) is 0 Å². The van der Waals surface area contributed by atoms with Crippen molar-refractivity contribution in [2.45, 2.75) is 0 Å². The number of ether oxygens (including phenoxy) is 1. The van der Waals surface area contributed by atoms with E-state index in [1.807, 2.05) is 0 Å². The van der Waals surface area contributed by atoms with Gasteiger partial charge in [-0.3, -0.25) is 10.1 Å². The summed E-state index contributed by atoms with van der Waals surface area (Å²) >= 11 is 5.45. The number of hydrogen-bond donors (Lipinski definition) is 1. The number of benzene rings is 1. The monoisotopic (exact) mass is 257 g/mol. The molecule has 7 heteroatoms. The highest BCUT2D eigenvalue weighted by molar-refractivity contribution is 6.29. The molecule has 0 saturated heterocycles. The number of nitrogens with zero attached hydrogens (tertiary/aromatic N) is 1. The second kappa shape index (κ2) is 5.31. The molecular weight excluding hydrogens is 250 g/mol. The average Bonchev–Trinajstić information content (AvgIpc) is 2.25. The number of rotatable bonds is 5. The predicted molar refractivity (Wildman–Crippen MR) is 60.5 cm³/mol. The fourth-order valence-electron chi connectivity index (χ4n) is 1.14. The summed E-state index contributed by atoms with van der Waals surface area (Å²) in [4.78, 5) is 20.9. The van der Waals surface area contributed by atoms with Crippen molar-refractivity contribution in [1.29, 1.82) is 0 Å². The maximum absolute atomic E-state index is 10.9. The zero-order chi connectivity index (χ0) is 13.0. The largest absolute Gasteiger partial charge is 0.480 e. The van der Waals surface area contributed by atoms with E-state index in [1.165, 1.54) is 12.1 Å². The number of carboxylic acid groups (broad SMARTS) is 1. The van der Waals surface area contributed by atoms with E-state index in [4.69, 9.17) is 21.4 Å². The fraction of sp³-hybridized carbons (Fsp3) is 0.100. The molecule has 0 amide bonds. The minimum atomic E-state index is -1.32. The highest BCUT2D eigenvalue weighted by Gasteiger charge is 2.22. The molecule has 0 spiro atoms. The minimum Gasteiger partial charge on any atom is -0.480 e. The molecule has 0 bridgehead atoms. The predicted octanol–water partition coefficient (Wildman–Crippen LogP) is 2.42. The maximum atomic E-state index is 10.9. The Labute approximate surface area is 101 Å². The topological polar surface area (TPSA) is 89.7 Å². The van der Waals surface area contributed by atoms with E-state index in [-0.39, 0.29) is 23.0 Å². The third kappa shape index (κ3) is 3.18. The quantitative estimate of drug-likeness (QED) is 0.646. The number of para-hydroxylation sites is 1. The summed E-state index contributed by atoms with van der Waals surface area (Å²) in [5.74, 6) is -1.64. The van der Waals surface area contributed by atoms with Crippen molar-refractivity contribution in [3.63, 3.8) is 0 Å². The summed E-state index contributed by atoms with van der Waals surface area (Å²) < 4.78 is 5.00. The Hall–Kier alpha value is -2.08. The number of hydrogen-bond acceptors (Lipinski definition) is 4. The number of carbonyl (C=O) groups is 1. The van der Waals surface area contributed by atoms with Gasteiger partial charge in [-0.15, -0.1) is 0 Å². The fourth-order valence-corrected chi connectivity index (χ4v) is 1.19. The van der Waals surface area contributed by atoms with Gasteiger partial charge in [-0.2, -0.15) is 0 Å². The molecule has 0 atom stereocenters. The molecule has 6 nitrogen and oxygen atoms in total. The molecule has 0 aliphatic rings. The van der Waals surface area contributed by atoms with E-state index >= 15 is 0 Å². The summed E-state index contributed by atoms with van der Waals surface area (Å²) in [5, 5.41) is 19.7. The number of aromatic carboxylic acids is 1. The van der Waals surface area contributed by atoms with E-state index in [0.29, 0.717) is 0 Å². The average molecular weight is 258 g/mol. The third-order valence-corrected chi connectivity index (χ3v) is 1.90. The Kier molecular flexibility index (Phi) is 4.06. The van der Waals surface area contributed by atoms with Crippen LogP contribution in [0.4, 0.5) is 5.69 Å². The Morgan fingerprint density at radius 1 is 1.59 bits per heavy atom. The molecule has 17 heavy (non-hydrogen) atoms. The zero-order valence-corrected chi connectivity index (χ0v) is 9.31. The molecule has 0 radical (unpaired) electrons. The van der Waals surface area contributed by atoms with Gasteiger partial charge >= 0.3 is 11.7 Å². The van der Waals surface area contributed by atoms with Crippen molar-refractivity contribution in [3.8, 4) is 5.75 Å². The lowest BCUT2D eigenvalue weighted by atomic mass is 10.2. The van der Waals surface area contributed by atoms with Crippen LogP contribution in [-0.4, -0.2) is 22.6 Å². The van der Waals surface area contributed by atoms with Crippen molar-refractivity contribution in [2.24, 2.45) is 0 Å². The van der Waals surface area contributed by atoms with E-state index < -0.39 is 16.6 Å². The molecule has 0 heterocycles. The highest BCUT2D eigenvalue weighted by Crippen LogP contribution is 2.31. The van der Waals surface area contributed by atoms with Crippen LogP contribution < -0.4 is 4.74 Å². The van der Waals surface area contributed by atoms with Gasteiger partial charge in [0.25, 0.3) is 0 Å². The van der Waals surface area contributed by atoms with Gasteiger partial charge in [0, 0.05) is 11.1 Å². The van der Waals surface area contributed by atoms with Gasteiger partial charge < -0.3 is 9.84 Å². The number of carboxylic acids is 1. The molecule has 1 rings (SSSR count). The first kappa shape index (κ1) is 13.0. The van der Waals surface area contributed by atoms with Crippen LogP contribution in [0.15, 0.2) is 29.8 Å². The van der Waals surface area contributed by atoms with Crippen LogP contribution in [0.1, 0.15) is 10.4 Å². The first-order chi connectivity index (χ1) is 7.93. The van der Waals surface area contributed by atoms with Crippen LogP contribution in [-0.2, 0) is 0 Å². The van der Waals surface area contributed by atoms with Crippen LogP contribution >= 0.6 is 11.6 Å². The van der Waals surface area contributed by atoms with E-state index in [9.17, 15) is 14.9 Å². The molecule has 1 N–H and O–H groups in total. The Bertz CT molecular complexity index is 453. The van der Waals surface area contributed by atoms with Gasteiger partial charge in [0.05, 0.1) is 4.92 Å². The molecule has 0 fully saturated rings. The Morgan fingerprint density at radius 3 is 2.71 bits per heavy atom. The van der Waals surface area contributed by atoms with E-state index in [0.717, 1.165) is 6.07 Å². The van der Waals surface area contributed by atoms with Crippen LogP contribution in [0.25, 0.3) is 0 Å². The number of halogens is 1. The Balaban J connectivity index is 3.23. The molecule has 0 aliphatic carbocycles. The summed E-state index contributed by atoms with van der Waals surface area (Å²) in [5.41, 5.74) is -0.722. The molecule has 90 valence electrons. The van der Waals surface area contributed by atoms with Gasteiger partial charge in [-0.25, -0.2) is 4.79 Å². The van der Waals surface area contributed by atoms with E-state index in [1.54, 1.807) is 0 Å². The second-order valence-electron chi connectivity index (χ2n) is 3.02. The first-order valence-corrected chi connectivity index (χ1v) is 4.78. The second-order valence-corrected chi connectivity index (χ2v) is 3.56. The van der Waals surface area contributed by atoms with Crippen molar-refractivity contribution in [3.05, 3.63) is 45.5 Å². The maximum Gasteiger partial charge on any atom is 0.339 e. The van der Waals surface area contributed by atoms with Crippen LogP contribution in [0.5, 0.6) is 5.75 Å². The van der Waals surface area contributed by atoms with Gasteiger partial charge in [-0.05, 0) is 6.07 Å². The summed E-state index contributed by atoms with van der Waals surface area (Å²) in [6, 6.07) is 3.63. The van der Waals surface area contributed by atoms with Crippen molar-refractivity contribution in [1.82, 2.24) is 0 Å². The first-order valence-electron chi connectivity index (χ1n) is 4.40. The summed E-state index contributed by atoms with van der Waals surface area (Å²) in [7, 11) is 0. The standard InChI is InChI=1S/C10H8ClNO5/c1-6(11)5-17-9-7(10(13)14)3-2-4-8(9)12(15)16/h2-4H,1,5H2,(H,13,14). The SMILES string of the molecule is C=C(Cl)COc1c(C(=O)O)cccc1[N+](=O)[O-]. The molecule has 0 unspecified atom stereocenters. The normalized spacial score (nSPS) is 9.71. The van der Waals surface area contributed by atoms with Gasteiger partial charge in [0.1, 0.15) is 12.2 Å². The number of nitro groups is 1. The van der Waals surface area contributed by atoms with Crippen molar-refractivity contribution < 1.29 is 19.6 Å². The van der Waals surface area contributed by atoms with Gasteiger partial charge in [0.15, 0.2) is 0 Å². The summed E-state index contributed by atoms with van der Waals surface area (Å²) in [6.07, 6.45) is 0. The molecule has 1 aromatic carbocycles. The Morgan fingerprint density at radius 2 is 2.24 bits per heavy atom. The minimum absolute atomic E-state index is 0.111. The van der Waals surface area contributed by atoms with Gasteiger partial charge in [-0.1, -0.05) is 24.2 Å². The molecular formula is C10H8ClNO5. The smallest absolute Gasteiger partial charge is 0.339 e. The lowest BCUT2D eigenvalue weighted by molar-refractivity contribution is -0.385. The zero-order valence-electron chi connectivity index (χ0n) is 8.55. The van der Waals surface area contributed by atoms with E-state index in [2.05, 4.69) is 6.58 Å². The lowest BCUT2D eigenvalue weighted by Crippen LogP contribution is -2.07.